The molecule has 7 nitrogen and oxygen atoms in total. The Kier molecular flexibility index (Phi) is 6.35. The molecule has 0 aliphatic carbocycles. The van der Waals surface area contributed by atoms with Crippen LogP contribution in [0.25, 0.3) is 5.69 Å². The van der Waals surface area contributed by atoms with Crippen molar-refractivity contribution in [3.05, 3.63) is 86.3 Å². The molecule has 0 atom stereocenters. The average molecular weight is 465 g/mol. The molecule has 0 unspecified atom stereocenters. The fourth-order valence-electron chi connectivity index (χ4n) is 2.88. The van der Waals surface area contributed by atoms with Crippen molar-refractivity contribution in [2.45, 2.75) is 13.1 Å². The Hall–Kier alpha value is -3.66. The minimum absolute atomic E-state index is 0.0276. The van der Waals surface area contributed by atoms with Gasteiger partial charge in [0, 0.05) is 24.5 Å². The van der Waals surface area contributed by atoms with E-state index in [1.165, 1.54) is 44.3 Å². The molecule has 2 aromatic carbocycles. The van der Waals surface area contributed by atoms with Crippen molar-refractivity contribution in [3.63, 3.8) is 0 Å². The molecule has 1 heterocycles. The number of amides is 2. The van der Waals surface area contributed by atoms with Crippen molar-refractivity contribution < 1.29 is 22.8 Å². The van der Waals surface area contributed by atoms with Crippen LogP contribution in [0.4, 0.5) is 18.9 Å². The molecular weight excluding hydrogens is 449 g/mol. The van der Waals surface area contributed by atoms with Crippen LogP contribution in [-0.2, 0) is 6.18 Å². The third-order valence-corrected chi connectivity index (χ3v) is 4.77. The van der Waals surface area contributed by atoms with Gasteiger partial charge in [-0.1, -0.05) is 17.7 Å². The number of nitrogens with one attached hydrogen (secondary N) is 2. The summed E-state index contributed by atoms with van der Waals surface area (Å²) in [7, 11) is 1.41. The number of anilines is 1. The summed E-state index contributed by atoms with van der Waals surface area (Å²) in [5, 5.41) is 8.98. The van der Waals surface area contributed by atoms with Gasteiger partial charge in [-0.2, -0.15) is 18.3 Å². The molecule has 0 fully saturated rings. The highest BCUT2D eigenvalue weighted by Crippen LogP contribution is 2.30. The van der Waals surface area contributed by atoms with E-state index in [0.29, 0.717) is 0 Å². The van der Waals surface area contributed by atoms with Crippen LogP contribution in [0, 0.1) is 6.92 Å². The molecule has 0 saturated carbocycles. The van der Waals surface area contributed by atoms with E-state index in [1.807, 2.05) is 0 Å². The Morgan fingerprint density at radius 1 is 1.06 bits per heavy atom. The summed E-state index contributed by atoms with van der Waals surface area (Å²) in [6, 6.07) is 9.57. The van der Waals surface area contributed by atoms with Crippen LogP contribution >= 0.6 is 11.6 Å². The number of benzene rings is 2. The van der Waals surface area contributed by atoms with Gasteiger partial charge in [0.15, 0.2) is 5.69 Å². The highest BCUT2D eigenvalue weighted by atomic mass is 35.5. The lowest BCUT2D eigenvalue weighted by Crippen LogP contribution is -2.27. The molecule has 0 saturated heterocycles. The SMILES string of the molecule is CNC(=O)c1cc(NC(=O)c2nn(-c3cccc(C(F)(F)F)c3)c(C)cc2=O)ccc1Cl. The highest BCUT2D eigenvalue weighted by Gasteiger charge is 2.30. The Bertz CT molecular complexity index is 1270. The van der Waals surface area contributed by atoms with Crippen molar-refractivity contribution in [1.29, 1.82) is 0 Å². The highest BCUT2D eigenvalue weighted by molar-refractivity contribution is 6.34. The predicted octanol–water partition coefficient (Wildman–Crippen LogP) is 3.83. The number of hydrogen-bond acceptors (Lipinski definition) is 4. The van der Waals surface area contributed by atoms with Gasteiger partial charge in [0.2, 0.25) is 5.43 Å². The maximum Gasteiger partial charge on any atom is 0.416 e. The van der Waals surface area contributed by atoms with Crippen LogP contribution in [0.15, 0.2) is 53.3 Å². The molecule has 2 N–H and O–H groups in total. The maximum absolute atomic E-state index is 13.1. The topological polar surface area (TPSA) is 93.1 Å². The lowest BCUT2D eigenvalue weighted by atomic mass is 10.1. The summed E-state index contributed by atoms with van der Waals surface area (Å²) in [6.45, 7) is 1.48. The number of carbonyl (C=O) groups excluding carboxylic acids is 2. The van der Waals surface area contributed by atoms with Gasteiger partial charge in [0.25, 0.3) is 11.8 Å². The molecule has 11 heteroatoms. The van der Waals surface area contributed by atoms with Crippen molar-refractivity contribution in [2.75, 3.05) is 12.4 Å². The van der Waals surface area contributed by atoms with E-state index < -0.39 is 34.7 Å². The predicted molar refractivity (Wildman–Crippen MR) is 112 cm³/mol. The molecule has 0 spiro atoms. The number of aromatic nitrogens is 2. The molecule has 0 bridgehead atoms. The Balaban J connectivity index is 1.99. The van der Waals surface area contributed by atoms with Gasteiger partial charge >= 0.3 is 6.18 Å². The van der Waals surface area contributed by atoms with E-state index in [2.05, 4.69) is 15.7 Å². The van der Waals surface area contributed by atoms with Crippen molar-refractivity contribution >= 4 is 29.1 Å². The van der Waals surface area contributed by atoms with E-state index in [9.17, 15) is 27.6 Å². The second-order valence-electron chi connectivity index (χ2n) is 6.69. The molecule has 1 aromatic heterocycles. The molecule has 2 amide bonds. The monoisotopic (exact) mass is 464 g/mol. The number of carbonyl (C=O) groups is 2. The molecule has 166 valence electrons. The minimum atomic E-state index is -4.57. The largest absolute Gasteiger partial charge is 0.416 e. The number of nitrogens with zero attached hydrogens (tertiary/aromatic N) is 2. The number of alkyl halides is 3. The average Bonchev–Trinajstić information content (AvgIpc) is 2.74. The normalized spacial score (nSPS) is 11.2. The summed E-state index contributed by atoms with van der Waals surface area (Å²) < 4.78 is 40.3. The van der Waals surface area contributed by atoms with Crippen LogP contribution in [0.3, 0.4) is 0 Å². The van der Waals surface area contributed by atoms with Crippen LogP contribution in [-0.4, -0.2) is 28.6 Å². The van der Waals surface area contributed by atoms with Crippen LogP contribution in [0.2, 0.25) is 5.02 Å². The van der Waals surface area contributed by atoms with E-state index in [0.717, 1.165) is 22.9 Å². The summed E-state index contributed by atoms with van der Waals surface area (Å²) in [5.41, 5.74) is -1.62. The van der Waals surface area contributed by atoms with Gasteiger partial charge in [-0.25, -0.2) is 4.68 Å². The molecule has 3 aromatic rings. The third kappa shape index (κ3) is 4.80. The van der Waals surface area contributed by atoms with E-state index in [4.69, 9.17) is 11.6 Å². The lowest BCUT2D eigenvalue weighted by Gasteiger charge is -2.14. The van der Waals surface area contributed by atoms with Crippen molar-refractivity contribution in [1.82, 2.24) is 15.1 Å². The summed E-state index contributed by atoms with van der Waals surface area (Å²) in [5.74, 6) is -1.38. The fourth-order valence-corrected chi connectivity index (χ4v) is 3.09. The zero-order valence-electron chi connectivity index (χ0n) is 16.7. The van der Waals surface area contributed by atoms with Gasteiger partial charge in [-0.15, -0.1) is 0 Å². The molecule has 0 aliphatic rings. The number of hydrogen-bond donors (Lipinski definition) is 2. The fraction of sp³-hybridized carbons (Fsp3) is 0.143. The van der Waals surface area contributed by atoms with Crippen LogP contribution in [0.5, 0.6) is 0 Å². The van der Waals surface area contributed by atoms with Crippen LogP contribution in [0.1, 0.15) is 32.1 Å². The molecule has 0 radical (unpaired) electrons. The first-order valence-electron chi connectivity index (χ1n) is 9.13. The lowest BCUT2D eigenvalue weighted by molar-refractivity contribution is -0.137. The molecule has 0 aliphatic heterocycles. The van der Waals surface area contributed by atoms with Crippen LogP contribution < -0.4 is 16.1 Å². The maximum atomic E-state index is 13.1. The van der Waals surface area contributed by atoms with Gasteiger partial charge in [-0.3, -0.25) is 14.4 Å². The summed E-state index contributed by atoms with van der Waals surface area (Å²) >= 11 is 5.98. The second-order valence-corrected chi connectivity index (χ2v) is 7.09. The van der Waals surface area contributed by atoms with Gasteiger partial charge < -0.3 is 10.6 Å². The Labute approximate surface area is 184 Å². The van der Waals surface area contributed by atoms with Gasteiger partial charge in [0.05, 0.1) is 21.8 Å². The first-order valence-corrected chi connectivity index (χ1v) is 9.50. The smallest absolute Gasteiger partial charge is 0.355 e. The molecule has 32 heavy (non-hydrogen) atoms. The van der Waals surface area contributed by atoms with E-state index in [-0.39, 0.29) is 27.7 Å². The number of halogens is 4. The quantitative estimate of drug-likeness (QED) is 0.614. The first kappa shape index (κ1) is 23.0. The minimum Gasteiger partial charge on any atom is -0.355 e. The number of aryl methyl sites for hydroxylation is 1. The molecular formula is C21H16ClF3N4O3. The number of rotatable bonds is 4. The zero-order chi connectivity index (χ0) is 23.6. The van der Waals surface area contributed by atoms with Gasteiger partial charge in [-0.05, 0) is 43.3 Å². The van der Waals surface area contributed by atoms with E-state index >= 15 is 0 Å². The van der Waals surface area contributed by atoms with Crippen molar-refractivity contribution in [2.24, 2.45) is 0 Å². The van der Waals surface area contributed by atoms with E-state index in [1.54, 1.807) is 0 Å². The summed E-state index contributed by atoms with van der Waals surface area (Å²) in [6.07, 6.45) is -4.57. The second kappa shape index (κ2) is 8.83. The Morgan fingerprint density at radius 3 is 2.44 bits per heavy atom. The Morgan fingerprint density at radius 2 is 1.78 bits per heavy atom. The standard InChI is InChI=1S/C21H16ClF3N4O3/c1-11-8-17(30)18(28-29(11)14-5-3-4-12(9-14)21(23,24)25)20(32)27-13-6-7-16(22)15(10-13)19(31)26-2/h3-10H,1-2H3,(H,26,31)(H,27,32). The van der Waals surface area contributed by atoms with Crippen molar-refractivity contribution in [3.8, 4) is 5.69 Å². The molecule has 3 rings (SSSR count). The first-order chi connectivity index (χ1) is 15.0. The summed E-state index contributed by atoms with van der Waals surface area (Å²) in [4.78, 5) is 36.9. The zero-order valence-corrected chi connectivity index (χ0v) is 17.5. The van der Waals surface area contributed by atoms with Gasteiger partial charge in [0.1, 0.15) is 0 Å². The third-order valence-electron chi connectivity index (χ3n) is 4.44.